The van der Waals surface area contributed by atoms with Gasteiger partial charge in [0, 0.05) is 11.5 Å². The Labute approximate surface area is 96.6 Å². The van der Waals surface area contributed by atoms with Gasteiger partial charge in [0.25, 0.3) is 0 Å². The van der Waals surface area contributed by atoms with Gasteiger partial charge in [0.05, 0.1) is 0 Å². The van der Waals surface area contributed by atoms with Crippen molar-refractivity contribution in [2.24, 2.45) is 0 Å². The number of hydrogen-bond donors (Lipinski definition) is 2. The SMILES string of the molecule is CN1C(=S)NNC1c1ccc(Br)cc1. The molecule has 1 unspecified atom stereocenters. The van der Waals surface area contributed by atoms with E-state index in [-0.39, 0.29) is 6.17 Å². The summed E-state index contributed by atoms with van der Waals surface area (Å²) in [5.41, 5.74) is 7.22. The van der Waals surface area contributed by atoms with E-state index < -0.39 is 0 Å². The summed E-state index contributed by atoms with van der Waals surface area (Å²) in [6, 6.07) is 8.17. The predicted molar refractivity (Wildman–Crippen MR) is 63.5 cm³/mol. The van der Waals surface area contributed by atoms with Crippen LogP contribution in [0.15, 0.2) is 28.7 Å². The van der Waals surface area contributed by atoms with E-state index in [1.165, 1.54) is 5.56 Å². The largest absolute Gasteiger partial charge is 0.330 e. The lowest BCUT2D eigenvalue weighted by Crippen LogP contribution is -2.26. The first-order valence-electron chi connectivity index (χ1n) is 4.22. The Hall–Kier alpha value is -0.650. The molecule has 1 aliphatic heterocycles. The van der Waals surface area contributed by atoms with Crippen molar-refractivity contribution in [1.29, 1.82) is 0 Å². The Bertz CT molecular complexity index is 352. The Kier molecular flexibility index (Phi) is 2.71. The van der Waals surface area contributed by atoms with Gasteiger partial charge < -0.3 is 4.90 Å². The van der Waals surface area contributed by atoms with Crippen molar-refractivity contribution >= 4 is 33.3 Å². The van der Waals surface area contributed by atoms with Gasteiger partial charge in [0.15, 0.2) is 5.11 Å². The normalized spacial score (nSPS) is 21.1. The van der Waals surface area contributed by atoms with Gasteiger partial charge in [-0.15, -0.1) is 0 Å². The van der Waals surface area contributed by atoms with Crippen LogP contribution < -0.4 is 10.9 Å². The average molecular weight is 272 g/mol. The number of hydrogen-bond acceptors (Lipinski definition) is 2. The molecule has 3 nitrogen and oxygen atoms in total. The summed E-state index contributed by atoms with van der Waals surface area (Å²) in [4.78, 5) is 1.98. The molecule has 0 bridgehead atoms. The zero-order valence-electron chi connectivity index (χ0n) is 7.62. The third-order valence-corrected chi connectivity index (χ3v) is 3.13. The van der Waals surface area contributed by atoms with Crippen LogP contribution in [0.3, 0.4) is 0 Å². The number of thiocarbonyl (C=S) groups is 1. The molecule has 0 radical (unpaired) electrons. The van der Waals surface area contributed by atoms with E-state index in [4.69, 9.17) is 12.2 Å². The van der Waals surface area contributed by atoms with Crippen LogP contribution >= 0.6 is 28.1 Å². The molecule has 2 rings (SSSR count). The highest BCUT2D eigenvalue weighted by Crippen LogP contribution is 2.21. The van der Waals surface area contributed by atoms with Gasteiger partial charge >= 0.3 is 0 Å². The van der Waals surface area contributed by atoms with Crippen molar-refractivity contribution in [3.8, 4) is 0 Å². The molecule has 1 aromatic carbocycles. The zero-order chi connectivity index (χ0) is 10.1. The molecule has 0 amide bonds. The molecule has 0 saturated carbocycles. The van der Waals surface area contributed by atoms with E-state index in [9.17, 15) is 0 Å². The number of rotatable bonds is 1. The summed E-state index contributed by atoms with van der Waals surface area (Å²) in [6.45, 7) is 0. The highest BCUT2D eigenvalue weighted by molar-refractivity contribution is 9.10. The maximum absolute atomic E-state index is 5.09. The fraction of sp³-hybridized carbons (Fsp3) is 0.222. The van der Waals surface area contributed by atoms with Crippen molar-refractivity contribution in [2.45, 2.75) is 6.17 Å². The Morgan fingerprint density at radius 1 is 1.36 bits per heavy atom. The van der Waals surface area contributed by atoms with E-state index in [2.05, 4.69) is 38.9 Å². The summed E-state index contributed by atoms with van der Waals surface area (Å²) in [6.07, 6.45) is 0.121. The highest BCUT2D eigenvalue weighted by Gasteiger charge is 2.24. The molecule has 5 heteroatoms. The minimum absolute atomic E-state index is 0.121. The first-order chi connectivity index (χ1) is 6.68. The Morgan fingerprint density at radius 3 is 2.50 bits per heavy atom. The monoisotopic (exact) mass is 271 g/mol. The minimum atomic E-state index is 0.121. The van der Waals surface area contributed by atoms with Gasteiger partial charge in [-0.05, 0) is 29.9 Å². The van der Waals surface area contributed by atoms with Crippen molar-refractivity contribution in [1.82, 2.24) is 15.8 Å². The van der Waals surface area contributed by atoms with Crippen LogP contribution in [0, 0.1) is 0 Å². The number of halogens is 1. The summed E-state index contributed by atoms with van der Waals surface area (Å²) in [7, 11) is 1.96. The maximum Gasteiger partial charge on any atom is 0.184 e. The molecule has 0 spiro atoms. The summed E-state index contributed by atoms with van der Waals surface area (Å²) in [5, 5.41) is 0.720. The van der Waals surface area contributed by atoms with Gasteiger partial charge in [-0.3, -0.25) is 5.43 Å². The van der Waals surface area contributed by atoms with E-state index in [0.29, 0.717) is 0 Å². The molecule has 2 N–H and O–H groups in total. The number of benzene rings is 1. The molecular weight excluding hydrogens is 262 g/mol. The third kappa shape index (κ3) is 1.75. The van der Waals surface area contributed by atoms with Crippen LogP contribution in [0.25, 0.3) is 0 Å². The van der Waals surface area contributed by atoms with Gasteiger partial charge in [0.2, 0.25) is 0 Å². The number of nitrogens with one attached hydrogen (secondary N) is 2. The van der Waals surface area contributed by atoms with Crippen LogP contribution in [0.2, 0.25) is 0 Å². The summed E-state index contributed by atoms with van der Waals surface area (Å²) in [5.74, 6) is 0. The maximum atomic E-state index is 5.09. The van der Waals surface area contributed by atoms with Crippen LogP contribution in [0.4, 0.5) is 0 Å². The first kappa shape index (κ1) is 9.89. The first-order valence-corrected chi connectivity index (χ1v) is 5.42. The second-order valence-electron chi connectivity index (χ2n) is 3.14. The topological polar surface area (TPSA) is 27.3 Å². The van der Waals surface area contributed by atoms with Crippen molar-refractivity contribution in [3.05, 3.63) is 34.3 Å². The lowest BCUT2D eigenvalue weighted by molar-refractivity contribution is 0.367. The molecule has 1 fully saturated rings. The molecule has 1 atom stereocenters. The quantitative estimate of drug-likeness (QED) is 0.762. The van der Waals surface area contributed by atoms with E-state index in [1.807, 2.05) is 24.1 Å². The molecule has 74 valence electrons. The predicted octanol–water partition coefficient (Wildman–Crippen LogP) is 1.77. The number of hydrazine groups is 1. The van der Waals surface area contributed by atoms with Crippen LogP contribution in [0.5, 0.6) is 0 Å². The van der Waals surface area contributed by atoms with Crippen molar-refractivity contribution < 1.29 is 0 Å². The fourth-order valence-corrected chi connectivity index (χ4v) is 1.81. The molecule has 0 aromatic heterocycles. The van der Waals surface area contributed by atoms with Crippen molar-refractivity contribution in [2.75, 3.05) is 7.05 Å². The van der Waals surface area contributed by atoms with E-state index in [0.717, 1.165) is 9.59 Å². The van der Waals surface area contributed by atoms with Crippen LogP contribution in [-0.4, -0.2) is 17.1 Å². The van der Waals surface area contributed by atoms with Crippen molar-refractivity contribution in [3.63, 3.8) is 0 Å². The molecule has 0 aliphatic carbocycles. The van der Waals surface area contributed by atoms with Crippen LogP contribution in [0.1, 0.15) is 11.7 Å². The molecule has 1 aromatic rings. The average Bonchev–Trinajstić information content (AvgIpc) is 2.50. The van der Waals surface area contributed by atoms with Gasteiger partial charge in [-0.25, -0.2) is 5.43 Å². The van der Waals surface area contributed by atoms with Gasteiger partial charge in [-0.1, -0.05) is 28.1 Å². The zero-order valence-corrected chi connectivity index (χ0v) is 10.0. The number of nitrogens with zero attached hydrogens (tertiary/aromatic N) is 1. The van der Waals surface area contributed by atoms with E-state index >= 15 is 0 Å². The molecule has 14 heavy (non-hydrogen) atoms. The van der Waals surface area contributed by atoms with Gasteiger partial charge in [0.1, 0.15) is 6.17 Å². The second-order valence-corrected chi connectivity index (χ2v) is 4.44. The Balaban J connectivity index is 2.23. The van der Waals surface area contributed by atoms with Crippen LogP contribution in [-0.2, 0) is 0 Å². The molecule has 1 saturated heterocycles. The molecule has 1 heterocycles. The third-order valence-electron chi connectivity index (χ3n) is 2.21. The fourth-order valence-electron chi connectivity index (χ4n) is 1.38. The highest BCUT2D eigenvalue weighted by atomic mass is 79.9. The molecule has 1 aliphatic rings. The summed E-state index contributed by atoms with van der Waals surface area (Å²) < 4.78 is 1.08. The summed E-state index contributed by atoms with van der Waals surface area (Å²) >= 11 is 8.49. The lowest BCUT2D eigenvalue weighted by Gasteiger charge is -2.18. The second kappa shape index (κ2) is 3.84. The minimum Gasteiger partial charge on any atom is -0.330 e. The lowest BCUT2D eigenvalue weighted by atomic mass is 10.2. The molecular formula is C9H10BrN3S. The Morgan fingerprint density at radius 2 is 2.00 bits per heavy atom. The van der Waals surface area contributed by atoms with E-state index in [1.54, 1.807) is 0 Å². The standard InChI is InChI=1S/C9H10BrN3S/c1-13-8(11-12-9(13)14)6-2-4-7(10)5-3-6/h2-5,8,11H,1H3,(H,12,14). The smallest absolute Gasteiger partial charge is 0.184 e. The van der Waals surface area contributed by atoms with Gasteiger partial charge in [-0.2, -0.15) is 0 Å².